The Morgan fingerprint density at radius 2 is 1.97 bits per heavy atom. The summed E-state index contributed by atoms with van der Waals surface area (Å²) in [4.78, 5) is 32.0. The smallest absolute Gasteiger partial charge is 0.324 e. The average molecular weight is 441 g/mol. The molecule has 2 saturated heterocycles. The predicted molar refractivity (Wildman–Crippen MR) is 117 cm³/mol. The largest absolute Gasteiger partial charge is 0.383 e. The molecule has 9 heteroatoms. The zero-order valence-electron chi connectivity index (χ0n) is 19.6. The molecule has 1 N–H and O–H groups in total. The zero-order chi connectivity index (χ0) is 22.4. The first kappa shape index (κ1) is 24.4. The van der Waals surface area contributed by atoms with Gasteiger partial charge < -0.3 is 29.3 Å². The Kier molecular flexibility index (Phi) is 8.69. The molecule has 3 atom stereocenters. The van der Waals surface area contributed by atoms with Gasteiger partial charge in [-0.05, 0) is 52.9 Å². The van der Waals surface area contributed by atoms with Crippen LogP contribution in [0.2, 0.25) is 0 Å². The summed E-state index contributed by atoms with van der Waals surface area (Å²) in [5, 5.41) is 2.90. The number of carbonyl (C=O) groups excluding carboxylic acids is 2. The molecule has 2 aliphatic heterocycles. The fourth-order valence-corrected chi connectivity index (χ4v) is 5.32. The van der Waals surface area contributed by atoms with Gasteiger partial charge in [0.25, 0.3) is 0 Å². The molecule has 178 valence electrons. The summed E-state index contributed by atoms with van der Waals surface area (Å²) in [5.41, 5.74) is 0. The van der Waals surface area contributed by atoms with Gasteiger partial charge in [-0.25, -0.2) is 4.79 Å². The molecule has 0 aromatic heterocycles. The highest BCUT2D eigenvalue weighted by Gasteiger charge is 2.49. The van der Waals surface area contributed by atoms with Crippen LogP contribution in [-0.4, -0.2) is 113 Å². The normalized spacial score (nSPS) is 28.0. The molecule has 0 radical (unpaired) electrons. The molecule has 1 saturated carbocycles. The molecule has 1 aliphatic carbocycles. The standard InChI is InChI=1S/C22H40N4O5/c1-24(2)9-5-8-23-21(28)26(10-11-29-4)20(27)18-14-17-15-22(30-12-13-31-22)7-6-19(17)25(3)16-18/h17-19H,5-16H2,1-4H3,(H,23,28)/t17-,18-,19-/m1/s1. The lowest BCUT2D eigenvalue weighted by molar-refractivity contribution is -0.202. The van der Waals surface area contributed by atoms with Crippen LogP contribution in [0.3, 0.4) is 0 Å². The van der Waals surface area contributed by atoms with Crippen LogP contribution in [-0.2, 0) is 19.0 Å². The summed E-state index contributed by atoms with van der Waals surface area (Å²) in [6.07, 6.45) is 4.34. The van der Waals surface area contributed by atoms with E-state index in [4.69, 9.17) is 14.2 Å². The number of amides is 3. The second-order valence-electron chi connectivity index (χ2n) is 9.42. The highest BCUT2D eigenvalue weighted by molar-refractivity contribution is 5.95. The van der Waals surface area contributed by atoms with Gasteiger partial charge in [0.1, 0.15) is 0 Å². The van der Waals surface area contributed by atoms with E-state index in [1.807, 2.05) is 14.1 Å². The third-order valence-electron chi connectivity index (χ3n) is 6.85. The Balaban J connectivity index is 1.62. The van der Waals surface area contributed by atoms with E-state index < -0.39 is 5.79 Å². The van der Waals surface area contributed by atoms with E-state index in [-0.39, 0.29) is 24.4 Å². The Bertz CT molecular complexity index is 611. The molecule has 0 bridgehead atoms. The average Bonchev–Trinajstić information content (AvgIpc) is 3.18. The second kappa shape index (κ2) is 11.0. The molecule has 0 aromatic rings. The van der Waals surface area contributed by atoms with Gasteiger partial charge in [-0.2, -0.15) is 0 Å². The van der Waals surface area contributed by atoms with Crippen LogP contribution in [0, 0.1) is 11.8 Å². The van der Waals surface area contributed by atoms with E-state index in [1.54, 1.807) is 7.11 Å². The molecule has 0 aromatic carbocycles. The van der Waals surface area contributed by atoms with Crippen LogP contribution >= 0.6 is 0 Å². The lowest BCUT2D eigenvalue weighted by Crippen LogP contribution is -2.57. The number of piperidine rings is 1. The number of fused-ring (bicyclic) bond motifs is 1. The molecule has 0 unspecified atom stereocenters. The fraction of sp³-hybridized carbons (Fsp3) is 0.909. The fourth-order valence-electron chi connectivity index (χ4n) is 5.32. The molecule has 3 fully saturated rings. The minimum atomic E-state index is -0.466. The van der Waals surface area contributed by atoms with Gasteiger partial charge in [0.2, 0.25) is 5.91 Å². The van der Waals surface area contributed by atoms with Crippen LogP contribution < -0.4 is 5.32 Å². The number of methoxy groups -OCH3 is 1. The van der Waals surface area contributed by atoms with Crippen molar-refractivity contribution in [1.29, 1.82) is 0 Å². The maximum absolute atomic E-state index is 13.4. The summed E-state index contributed by atoms with van der Waals surface area (Å²) in [6.45, 7) is 3.99. The number of likely N-dealkylation sites (tertiary alicyclic amines) is 1. The number of imide groups is 1. The Hall–Kier alpha value is -1.26. The first-order valence-electron chi connectivity index (χ1n) is 11.6. The quantitative estimate of drug-likeness (QED) is 0.564. The summed E-state index contributed by atoms with van der Waals surface area (Å²) >= 11 is 0. The topological polar surface area (TPSA) is 83.6 Å². The number of rotatable bonds is 8. The number of nitrogens with zero attached hydrogens (tertiary/aromatic N) is 3. The molecule has 31 heavy (non-hydrogen) atoms. The lowest BCUT2D eigenvalue weighted by atomic mass is 9.72. The van der Waals surface area contributed by atoms with E-state index in [0.29, 0.717) is 44.9 Å². The van der Waals surface area contributed by atoms with Crippen molar-refractivity contribution in [2.45, 2.75) is 43.9 Å². The van der Waals surface area contributed by atoms with E-state index >= 15 is 0 Å². The van der Waals surface area contributed by atoms with Crippen molar-refractivity contribution >= 4 is 11.9 Å². The molecule has 3 rings (SSSR count). The number of nitrogens with one attached hydrogen (secondary N) is 1. The Morgan fingerprint density at radius 3 is 2.65 bits per heavy atom. The van der Waals surface area contributed by atoms with Crippen molar-refractivity contribution in [3.8, 4) is 0 Å². The Morgan fingerprint density at radius 1 is 1.23 bits per heavy atom. The van der Waals surface area contributed by atoms with Crippen LogP contribution in [0.25, 0.3) is 0 Å². The van der Waals surface area contributed by atoms with Gasteiger partial charge in [-0.1, -0.05) is 0 Å². The van der Waals surface area contributed by atoms with E-state index in [2.05, 4.69) is 22.2 Å². The maximum Gasteiger partial charge on any atom is 0.324 e. The first-order chi connectivity index (χ1) is 14.8. The third-order valence-corrected chi connectivity index (χ3v) is 6.85. The van der Waals surface area contributed by atoms with Crippen molar-refractivity contribution in [3.63, 3.8) is 0 Å². The molecule has 3 aliphatic rings. The molecule has 2 heterocycles. The lowest BCUT2D eigenvalue weighted by Gasteiger charge is -2.49. The first-order valence-corrected chi connectivity index (χ1v) is 11.6. The third kappa shape index (κ3) is 6.16. The SMILES string of the molecule is COCCN(C(=O)NCCCN(C)C)C(=O)[C@@H]1C[C@@H]2CC3(CC[C@H]2N(C)C1)OCCO3. The molecule has 3 amide bonds. The molecular weight excluding hydrogens is 400 g/mol. The van der Waals surface area contributed by atoms with Crippen LogP contribution in [0.15, 0.2) is 0 Å². The molecule has 1 spiro atoms. The zero-order valence-corrected chi connectivity index (χ0v) is 19.6. The van der Waals surface area contributed by atoms with Gasteiger partial charge >= 0.3 is 6.03 Å². The highest BCUT2D eigenvalue weighted by atomic mass is 16.7. The van der Waals surface area contributed by atoms with Crippen LogP contribution in [0.4, 0.5) is 4.79 Å². The maximum atomic E-state index is 13.4. The van der Waals surface area contributed by atoms with Crippen LogP contribution in [0.5, 0.6) is 0 Å². The summed E-state index contributed by atoms with van der Waals surface area (Å²) in [7, 11) is 7.67. The van der Waals surface area contributed by atoms with E-state index in [9.17, 15) is 9.59 Å². The summed E-state index contributed by atoms with van der Waals surface area (Å²) in [5.74, 6) is -0.466. The van der Waals surface area contributed by atoms with Crippen molar-refractivity contribution in [1.82, 2.24) is 20.0 Å². The van der Waals surface area contributed by atoms with Gasteiger partial charge in [0, 0.05) is 39.1 Å². The molecular formula is C22H40N4O5. The monoisotopic (exact) mass is 440 g/mol. The minimum absolute atomic E-state index is 0.111. The number of ether oxygens (including phenoxy) is 3. The van der Waals surface area contributed by atoms with Gasteiger partial charge in [0.15, 0.2) is 5.79 Å². The second-order valence-corrected chi connectivity index (χ2v) is 9.42. The van der Waals surface area contributed by atoms with Crippen molar-refractivity contribution in [2.75, 3.05) is 74.3 Å². The van der Waals surface area contributed by atoms with E-state index in [0.717, 1.165) is 38.6 Å². The number of hydrogen-bond donors (Lipinski definition) is 1. The minimum Gasteiger partial charge on any atom is -0.383 e. The predicted octanol–water partition coefficient (Wildman–Crippen LogP) is 0.986. The van der Waals surface area contributed by atoms with E-state index in [1.165, 1.54) is 4.90 Å². The Labute approximate surface area is 186 Å². The number of urea groups is 1. The van der Waals surface area contributed by atoms with Gasteiger partial charge in [-0.15, -0.1) is 0 Å². The van der Waals surface area contributed by atoms with Crippen molar-refractivity contribution < 1.29 is 23.8 Å². The summed E-state index contributed by atoms with van der Waals surface area (Å²) < 4.78 is 17.1. The summed E-state index contributed by atoms with van der Waals surface area (Å²) in [6, 6.07) is 0.114. The van der Waals surface area contributed by atoms with Crippen molar-refractivity contribution in [2.24, 2.45) is 11.8 Å². The van der Waals surface area contributed by atoms with Crippen molar-refractivity contribution in [3.05, 3.63) is 0 Å². The molecule has 9 nitrogen and oxygen atoms in total. The van der Waals surface area contributed by atoms with Gasteiger partial charge in [0.05, 0.1) is 32.3 Å². The van der Waals surface area contributed by atoms with Gasteiger partial charge in [-0.3, -0.25) is 9.69 Å². The highest BCUT2D eigenvalue weighted by Crippen LogP contribution is 2.45. The number of carbonyl (C=O) groups is 2. The number of hydrogen-bond acceptors (Lipinski definition) is 7. The van der Waals surface area contributed by atoms with Crippen LogP contribution in [0.1, 0.15) is 32.1 Å².